The van der Waals surface area contributed by atoms with E-state index in [-0.39, 0.29) is 5.91 Å². The van der Waals surface area contributed by atoms with Gasteiger partial charge in [-0.1, -0.05) is 11.8 Å². The summed E-state index contributed by atoms with van der Waals surface area (Å²) >= 11 is 3.10. The van der Waals surface area contributed by atoms with Gasteiger partial charge in [0.05, 0.1) is 12.4 Å². The number of hydrogen-bond acceptors (Lipinski definition) is 7. The van der Waals surface area contributed by atoms with Gasteiger partial charge in [-0.05, 0) is 45.1 Å². The Bertz CT molecular complexity index is 803. The number of imide groups is 1. The molecule has 2 aromatic rings. The second-order valence-electron chi connectivity index (χ2n) is 5.71. The SMILES string of the molecule is COC(=O)NC(=O)[C@@H](C)Sc1nc(C)nc2sc3c(c12)CCCC3. The van der Waals surface area contributed by atoms with Crippen LogP contribution >= 0.6 is 23.1 Å². The zero-order valence-corrected chi connectivity index (χ0v) is 15.5. The van der Waals surface area contributed by atoms with E-state index in [1.54, 1.807) is 18.3 Å². The maximum atomic E-state index is 12.1. The van der Waals surface area contributed by atoms with Crippen LogP contribution in [0.25, 0.3) is 10.2 Å². The van der Waals surface area contributed by atoms with Crippen molar-refractivity contribution >= 4 is 45.3 Å². The number of nitrogens with one attached hydrogen (secondary N) is 1. The molecule has 0 saturated carbocycles. The topological polar surface area (TPSA) is 81.2 Å². The van der Waals surface area contributed by atoms with Crippen molar-refractivity contribution in [3.05, 3.63) is 16.3 Å². The van der Waals surface area contributed by atoms with Gasteiger partial charge in [-0.3, -0.25) is 10.1 Å². The molecule has 24 heavy (non-hydrogen) atoms. The minimum atomic E-state index is -0.746. The Morgan fingerprint density at radius 2 is 2.04 bits per heavy atom. The summed E-state index contributed by atoms with van der Waals surface area (Å²) in [5.41, 5.74) is 1.34. The van der Waals surface area contributed by atoms with Crippen molar-refractivity contribution in [3.8, 4) is 0 Å². The Hall–Kier alpha value is -1.67. The number of carbonyl (C=O) groups is 2. The van der Waals surface area contributed by atoms with Gasteiger partial charge in [-0.25, -0.2) is 14.8 Å². The molecule has 0 radical (unpaired) electrons. The third kappa shape index (κ3) is 3.39. The molecule has 2 amide bonds. The first-order chi connectivity index (χ1) is 11.5. The smallest absolute Gasteiger partial charge is 0.413 e. The Balaban J connectivity index is 1.92. The molecule has 0 saturated heterocycles. The van der Waals surface area contributed by atoms with Crippen LogP contribution in [0.3, 0.4) is 0 Å². The Labute approximate surface area is 148 Å². The van der Waals surface area contributed by atoms with Crippen LogP contribution in [0.15, 0.2) is 5.03 Å². The number of alkyl carbamates (subject to hydrolysis) is 1. The van der Waals surface area contributed by atoms with Crippen molar-refractivity contribution in [2.75, 3.05) is 7.11 Å². The molecule has 0 bridgehead atoms. The lowest BCUT2D eigenvalue weighted by molar-refractivity contribution is -0.119. The van der Waals surface area contributed by atoms with Gasteiger partial charge in [-0.15, -0.1) is 11.3 Å². The quantitative estimate of drug-likeness (QED) is 0.664. The number of ether oxygens (including phenoxy) is 1. The van der Waals surface area contributed by atoms with Crippen LogP contribution in [0.4, 0.5) is 4.79 Å². The van der Waals surface area contributed by atoms with Crippen molar-refractivity contribution in [3.63, 3.8) is 0 Å². The number of fused-ring (bicyclic) bond motifs is 3. The summed E-state index contributed by atoms with van der Waals surface area (Å²) < 4.78 is 4.47. The number of aromatic nitrogens is 2. The molecular formula is C16H19N3O3S2. The first-order valence-corrected chi connectivity index (χ1v) is 9.53. The highest BCUT2D eigenvalue weighted by atomic mass is 32.2. The van der Waals surface area contributed by atoms with Crippen LogP contribution in [-0.2, 0) is 22.4 Å². The van der Waals surface area contributed by atoms with E-state index in [2.05, 4.69) is 20.0 Å². The minimum Gasteiger partial charge on any atom is -0.453 e. The molecule has 8 heteroatoms. The molecule has 0 aliphatic heterocycles. The van der Waals surface area contributed by atoms with Crippen molar-refractivity contribution in [1.82, 2.24) is 15.3 Å². The normalized spacial score (nSPS) is 15.0. The lowest BCUT2D eigenvalue weighted by atomic mass is 9.97. The predicted molar refractivity (Wildman–Crippen MR) is 94.7 cm³/mol. The van der Waals surface area contributed by atoms with Crippen LogP contribution in [0.5, 0.6) is 0 Å². The molecule has 1 atom stereocenters. The molecule has 1 N–H and O–H groups in total. The highest BCUT2D eigenvalue weighted by Crippen LogP contribution is 2.40. The molecule has 1 aliphatic rings. The number of hydrogen-bond donors (Lipinski definition) is 1. The fraction of sp³-hybridized carbons (Fsp3) is 0.500. The monoisotopic (exact) mass is 365 g/mol. The number of aryl methyl sites for hydroxylation is 3. The van der Waals surface area contributed by atoms with Crippen LogP contribution in [0.1, 0.15) is 36.0 Å². The standard InChI is InChI=1S/C16H19N3O3S2/c1-8(13(20)19-16(21)22-3)23-14-12-10-6-4-5-7-11(10)24-15(12)18-9(2)17-14/h8H,4-7H2,1-3H3,(H,19,20,21)/t8-/m1/s1. The highest BCUT2D eigenvalue weighted by Gasteiger charge is 2.24. The van der Waals surface area contributed by atoms with Gasteiger partial charge in [0.2, 0.25) is 5.91 Å². The Morgan fingerprint density at radius 1 is 1.29 bits per heavy atom. The molecule has 0 spiro atoms. The summed E-state index contributed by atoms with van der Waals surface area (Å²) in [4.78, 5) is 34.8. The zero-order valence-electron chi connectivity index (χ0n) is 13.8. The molecule has 0 unspecified atom stereocenters. The molecule has 128 valence electrons. The van der Waals surface area contributed by atoms with Gasteiger partial charge in [0.1, 0.15) is 15.7 Å². The van der Waals surface area contributed by atoms with Crippen molar-refractivity contribution in [1.29, 1.82) is 0 Å². The van der Waals surface area contributed by atoms with E-state index < -0.39 is 11.3 Å². The second-order valence-corrected chi connectivity index (χ2v) is 8.12. The molecule has 1 aliphatic carbocycles. The fourth-order valence-electron chi connectivity index (χ4n) is 2.79. The van der Waals surface area contributed by atoms with E-state index in [4.69, 9.17) is 0 Å². The number of nitrogens with zero attached hydrogens (tertiary/aromatic N) is 2. The van der Waals surface area contributed by atoms with E-state index in [0.29, 0.717) is 5.82 Å². The number of methoxy groups -OCH3 is 1. The molecule has 3 rings (SSSR count). The number of rotatable bonds is 3. The fourth-order valence-corrected chi connectivity index (χ4v) is 5.18. The van der Waals surface area contributed by atoms with Crippen LogP contribution in [0, 0.1) is 6.92 Å². The van der Waals surface area contributed by atoms with E-state index in [1.807, 2.05) is 6.92 Å². The maximum Gasteiger partial charge on any atom is 0.413 e. The van der Waals surface area contributed by atoms with Gasteiger partial charge in [0, 0.05) is 10.3 Å². The Morgan fingerprint density at radius 3 is 2.79 bits per heavy atom. The molecule has 2 heterocycles. The summed E-state index contributed by atoms with van der Waals surface area (Å²) in [5.74, 6) is 0.310. The van der Waals surface area contributed by atoms with Gasteiger partial charge in [-0.2, -0.15) is 0 Å². The van der Waals surface area contributed by atoms with E-state index in [9.17, 15) is 9.59 Å². The minimum absolute atomic E-state index is 0.389. The average Bonchev–Trinajstić information content (AvgIpc) is 2.92. The molecule has 2 aromatic heterocycles. The van der Waals surface area contributed by atoms with Gasteiger partial charge in [0.25, 0.3) is 0 Å². The van der Waals surface area contributed by atoms with Crippen LogP contribution in [0.2, 0.25) is 0 Å². The van der Waals surface area contributed by atoms with E-state index in [1.165, 1.54) is 42.2 Å². The summed E-state index contributed by atoms with van der Waals surface area (Å²) in [7, 11) is 1.23. The van der Waals surface area contributed by atoms with Crippen LogP contribution < -0.4 is 5.32 Å². The molecule has 6 nitrogen and oxygen atoms in total. The number of amides is 2. The third-order valence-electron chi connectivity index (χ3n) is 3.96. The first kappa shape index (κ1) is 17.2. The summed E-state index contributed by atoms with van der Waals surface area (Å²) in [5, 5.41) is 3.66. The molecule has 0 aromatic carbocycles. The number of thioether (sulfide) groups is 1. The maximum absolute atomic E-state index is 12.1. The van der Waals surface area contributed by atoms with Crippen LogP contribution in [-0.4, -0.2) is 34.3 Å². The number of thiophene rings is 1. The van der Waals surface area contributed by atoms with Gasteiger partial charge >= 0.3 is 6.09 Å². The van der Waals surface area contributed by atoms with E-state index >= 15 is 0 Å². The predicted octanol–water partition coefficient (Wildman–Crippen LogP) is 3.24. The summed E-state index contributed by atoms with van der Waals surface area (Å²) in [6.45, 7) is 3.62. The highest BCUT2D eigenvalue weighted by molar-refractivity contribution is 8.00. The van der Waals surface area contributed by atoms with E-state index in [0.717, 1.165) is 28.1 Å². The van der Waals surface area contributed by atoms with Crippen molar-refractivity contribution in [2.45, 2.75) is 49.8 Å². The van der Waals surface area contributed by atoms with Crippen molar-refractivity contribution in [2.24, 2.45) is 0 Å². The lowest BCUT2D eigenvalue weighted by Gasteiger charge is -2.14. The third-order valence-corrected chi connectivity index (χ3v) is 6.23. The van der Waals surface area contributed by atoms with Gasteiger partial charge in [0.15, 0.2) is 0 Å². The van der Waals surface area contributed by atoms with Gasteiger partial charge < -0.3 is 4.74 Å². The lowest BCUT2D eigenvalue weighted by Crippen LogP contribution is -2.35. The second kappa shape index (κ2) is 7.06. The van der Waals surface area contributed by atoms with Crippen molar-refractivity contribution < 1.29 is 14.3 Å². The zero-order chi connectivity index (χ0) is 17.3. The summed E-state index contributed by atoms with van der Waals surface area (Å²) in [6.07, 6.45) is 3.78. The first-order valence-electron chi connectivity index (χ1n) is 7.84. The Kier molecular flexibility index (Phi) is 5.05. The largest absolute Gasteiger partial charge is 0.453 e. The average molecular weight is 365 g/mol. The molecule has 0 fully saturated rings. The number of carbonyl (C=O) groups excluding carboxylic acids is 2. The summed E-state index contributed by atoms with van der Waals surface area (Å²) in [6, 6.07) is 0. The molecular weight excluding hydrogens is 346 g/mol.